The molecule has 0 radical (unpaired) electrons. The first kappa shape index (κ1) is 21.0. The van der Waals surface area contributed by atoms with Gasteiger partial charge in [-0.1, -0.05) is 6.42 Å². The second-order valence-electron chi connectivity index (χ2n) is 7.25. The molecule has 1 heterocycles. The normalized spacial score (nSPS) is 31.8. The Bertz CT molecular complexity index is 469. The number of halogens is 4. The maximum Gasteiger partial charge on any atom is 0.416 e. The molecule has 3 fully saturated rings. The van der Waals surface area contributed by atoms with E-state index in [0.717, 1.165) is 38.0 Å². The largest absolute Gasteiger partial charge is 0.416 e. The Morgan fingerprint density at radius 1 is 1.20 bits per heavy atom. The van der Waals surface area contributed by atoms with Gasteiger partial charge in [0.2, 0.25) is 0 Å². The number of aliphatic imine (C=N–C) groups is 1. The first-order valence-electron chi connectivity index (χ1n) is 8.83. The second-order valence-corrected chi connectivity index (χ2v) is 7.25. The van der Waals surface area contributed by atoms with E-state index in [-0.39, 0.29) is 24.0 Å². The van der Waals surface area contributed by atoms with Crippen LogP contribution in [0.1, 0.15) is 25.7 Å². The number of hydrogen-bond acceptors (Lipinski definition) is 3. The average molecular weight is 476 g/mol. The van der Waals surface area contributed by atoms with Gasteiger partial charge in [0, 0.05) is 39.3 Å². The van der Waals surface area contributed by atoms with Crippen molar-refractivity contribution >= 4 is 29.9 Å². The zero-order valence-corrected chi connectivity index (χ0v) is 16.8. The summed E-state index contributed by atoms with van der Waals surface area (Å²) in [6.07, 6.45) is -1.54. The van der Waals surface area contributed by atoms with Crippen molar-refractivity contribution in [2.75, 3.05) is 39.8 Å². The van der Waals surface area contributed by atoms with Crippen LogP contribution in [0.2, 0.25) is 0 Å². The first-order chi connectivity index (χ1) is 11.4. The van der Waals surface area contributed by atoms with Gasteiger partial charge >= 0.3 is 6.18 Å². The van der Waals surface area contributed by atoms with E-state index in [9.17, 15) is 13.2 Å². The van der Waals surface area contributed by atoms with Gasteiger partial charge < -0.3 is 15.3 Å². The van der Waals surface area contributed by atoms with E-state index in [0.29, 0.717) is 12.0 Å². The van der Waals surface area contributed by atoms with Gasteiger partial charge in [-0.15, -0.1) is 24.0 Å². The van der Waals surface area contributed by atoms with Crippen LogP contribution in [-0.2, 0) is 0 Å². The monoisotopic (exact) mass is 476 g/mol. The molecule has 1 saturated heterocycles. The van der Waals surface area contributed by atoms with Crippen LogP contribution in [0.3, 0.4) is 0 Å². The predicted octanol–water partition coefficient (Wildman–Crippen LogP) is 1.91. The van der Waals surface area contributed by atoms with E-state index in [1.807, 2.05) is 4.90 Å². The molecule has 2 saturated carbocycles. The number of piperazine rings is 1. The summed E-state index contributed by atoms with van der Waals surface area (Å²) < 4.78 is 37.2. The Kier molecular flexibility index (Phi) is 7.23. The standard InChI is InChI=1S/C16H27F3N4O.HI/c1-20-15(21-10-14(24)16(17,18)19)23-6-4-22(5-7-23)13-9-11-2-3-12(13)8-11;/h11-14,24H,2-10H2,1H3,(H,20,21);1H. The van der Waals surface area contributed by atoms with E-state index < -0.39 is 18.8 Å². The Morgan fingerprint density at radius 3 is 2.36 bits per heavy atom. The zero-order valence-electron chi connectivity index (χ0n) is 14.5. The molecule has 9 heteroatoms. The number of hydrogen-bond donors (Lipinski definition) is 2. The summed E-state index contributed by atoms with van der Waals surface area (Å²) in [4.78, 5) is 8.59. The van der Waals surface area contributed by atoms with E-state index in [1.54, 1.807) is 7.05 Å². The van der Waals surface area contributed by atoms with Gasteiger partial charge in [0.1, 0.15) is 0 Å². The number of guanidine groups is 1. The van der Waals surface area contributed by atoms with Crippen LogP contribution in [-0.4, -0.2) is 79.0 Å². The van der Waals surface area contributed by atoms with E-state index in [2.05, 4.69) is 15.2 Å². The van der Waals surface area contributed by atoms with Crippen molar-refractivity contribution in [1.29, 1.82) is 0 Å². The molecule has 146 valence electrons. The number of rotatable bonds is 3. The van der Waals surface area contributed by atoms with E-state index >= 15 is 0 Å². The number of nitrogens with one attached hydrogen (secondary N) is 1. The molecule has 0 spiro atoms. The van der Waals surface area contributed by atoms with E-state index in [1.165, 1.54) is 25.7 Å². The van der Waals surface area contributed by atoms with Gasteiger partial charge in [-0.25, -0.2) is 0 Å². The molecule has 5 nitrogen and oxygen atoms in total. The second kappa shape index (κ2) is 8.60. The highest BCUT2D eigenvalue weighted by molar-refractivity contribution is 14.0. The Morgan fingerprint density at radius 2 is 1.88 bits per heavy atom. The molecule has 0 aromatic carbocycles. The van der Waals surface area contributed by atoms with E-state index in [4.69, 9.17) is 5.11 Å². The lowest BCUT2D eigenvalue weighted by Crippen LogP contribution is -2.56. The van der Waals surface area contributed by atoms with Crippen LogP contribution in [0.15, 0.2) is 4.99 Å². The topological polar surface area (TPSA) is 51.1 Å². The summed E-state index contributed by atoms with van der Waals surface area (Å²) in [6, 6.07) is 0.702. The quantitative estimate of drug-likeness (QED) is 0.372. The minimum Gasteiger partial charge on any atom is -0.382 e. The lowest BCUT2D eigenvalue weighted by Gasteiger charge is -2.42. The molecule has 0 aromatic heterocycles. The summed E-state index contributed by atoms with van der Waals surface area (Å²) in [5.41, 5.74) is 0. The number of aliphatic hydroxyl groups excluding tert-OH is 1. The van der Waals surface area contributed by atoms with Crippen LogP contribution in [0, 0.1) is 11.8 Å². The zero-order chi connectivity index (χ0) is 17.3. The molecule has 4 atom stereocenters. The van der Waals surface area contributed by atoms with Crippen molar-refractivity contribution in [2.24, 2.45) is 16.8 Å². The highest BCUT2D eigenvalue weighted by Crippen LogP contribution is 2.46. The van der Waals surface area contributed by atoms with Gasteiger partial charge in [-0.2, -0.15) is 13.2 Å². The molecule has 2 aliphatic carbocycles. The maximum absolute atomic E-state index is 12.4. The van der Waals surface area contributed by atoms with Crippen LogP contribution in [0.4, 0.5) is 13.2 Å². The fourth-order valence-corrected chi connectivity index (χ4v) is 4.56. The average Bonchev–Trinajstić information content (AvgIpc) is 3.18. The third kappa shape index (κ3) is 4.91. The summed E-state index contributed by atoms with van der Waals surface area (Å²) in [5.74, 6) is 2.20. The first-order valence-corrected chi connectivity index (χ1v) is 8.83. The van der Waals surface area contributed by atoms with Gasteiger partial charge in [-0.3, -0.25) is 9.89 Å². The lowest BCUT2D eigenvalue weighted by molar-refractivity contribution is -0.201. The van der Waals surface area contributed by atoms with Gasteiger partial charge in [-0.05, 0) is 31.1 Å². The fourth-order valence-electron chi connectivity index (χ4n) is 4.56. The van der Waals surface area contributed by atoms with Gasteiger partial charge in [0.25, 0.3) is 0 Å². The van der Waals surface area contributed by atoms with Gasteiger partial charge in [0.05, 0.1) is 6.54 Å². The van der Waals surface area contributed by atoms with Crippen molar-refractivity contribution in [3.8, 4) is 0 Å². The molecule has 0 amide bonds. The van der Waals surface area contributed by atoms with Crippen molar-refractivity contribution in [1.82, 2.24) is 15.1 Å². The molecule has 25 heavy (non-hydrogen) atoms. The summed E-state index contributed by atoms with van der Waals surface area (Å²) in [5, 5.41) is 11.7. The maximum atomic E-state index is 12.4. The number of fused-ring (bicyclic) bond motifs is 2. The van der Waals surface area contributed by atoms with Gasteiger partial charge in [0.15, 0.2) is 12.1 Å². The number of nitrogens with zero attached hydrogens (tertiary/aromatic N) is 3. The molecule has 2 N–H and O–H groups in total. The highest BCUT2D eigenvalue weighted by atomic mass is 127. The smallest absolute Gasteiger partial charge is 0.382 e. The van der Waals surface area contributed by atoms with Crippen LogP contribution >= 0.6 is 24.0 Å². The van der Waals surface area contributed by atoms with Crippen molar-refractivity contribution in [3.05, 3.63) is 0 Å². The Balaban J connectivity index is 0.00000225. The van der Waals surface area contributed by atoms with Crippen molar-refractivity contribution < 1.29 is 18.3 Å². The Hall–Kier alpha value is -0.290. The molecular weight excluding hydrogens is 448 g/mol. The predicted molar refractivity (Wildman–Crippen MR) is 101 cm³/mol. The number of aliphatic hydroxyl groups is 1. The summed E-state index contributed by atoms with van der Waals surface area (Å²) >= 11 is 0. The van der Waals surface area contributed by atoms with Crippen LogP contribution < -0.4 is 5.32 Å². The fraction of sp³-hybridized carbons (Fsp3) is 0.938. The SMILES string of the molecule is CN=C(NCC(O)C(F)(F)F)N1CCN(C2CC3CCC2C3)CC1.I. The third-order valence-electron chi connectivity index (χ3n) is 5.83. The molecule has 1 aliphatic heterocycles. The van der Waals surface area contributed by atoms with Crippen LogP contribution in [0.5, 0.6) is 0 Å². The van der Waals surface area contributed by atoms with Crippen molar-refractivity contribution in [3.63, 3.8) is 0 Å². The molecule has 3 aliphatic rings. The minimum atomic E-state index is -4.60. The summed E-state index contributed by atoms with van der Waals surface area (Å²) in [7, 11) is 1.56. The molecule has 0 aromatic rings. The van der Waals surface area contributed by atoms with Crippen molar-refractivity contribution in [2.45, 2.75) is 44.0 Å². The Labute approximate surface area is 164 Å². The molecule has 2 bridgehead atoms. The minimum absolute atomic E-state index is 0. The molecular formula is C16H28F3IN4O. The highest BCUT2D eigenvalue weighted by Gasteiger charge is 2.43. The lowest BCUT2D eigenvalue weighted by atomic mass is 9.93. The molecule has 4 unspecified atom stereocenters. The summed E-state index contributed by atoms with van der Waals surface area (Å²) in [6.45, 7) is 2.81. The third-order valence-corrected chi connectivity index (χ3v) is 5.83. The molecule has 3 rings (SSSR count). The number of alkyl halides is 3. The van der Waals surface area contributed by atoms with Crippen LogP contribution in [0.25, 0.3) is 0 Å².